The smallest absolute Gasteiger partial charge is 0.253 e. The fourth-order valence-electron chi connectivity index (χ4n) is 1.62. The maximum absolute atomic E-state index is 11.9. The van der Waals surface area contributed by atoms with Gasteiger partial charge in [-0.25, -0.2) is 0 Å². The molecule has 0 saturated heterocycles. The molecule has 0 spiro atoms. The van der Waals surface area contributed by atoms with Crippen molar-refractivity contribution in [3.63, 3.8) is 0 Å². The van der Waals surface area contributed by atoms with E-state index in [4.69, 9.17) is 4.74 Å². The maximum Gasteiger partial charge on any atom is 0.253 e. The van der Waals surface area contributed by atoms with Gasteiger partial charge in [-0.2, -0.15) is 0 Å². The van der Waals surface area contributed by atoms with Crippen molar-refractivity contribution >= 4 is 11.6 Å². The summed E-state index contributed by atoms with van der Waals surface area (Å²) in [4.78, 5) is 11.9. The number of para-hydroxylation sites is 1. The van der Waals surface area contributed by atoms with Gasteiger partial charge < -0.3 is 15.4 Å². The Morgan fingerprint density at radius 3 is 2.78 bits per heavy atom. The third kappa shape index (κ3) is 4.75. The fraction of sp³-hybridized carbons (Fsp3) is 0.500. The third-order valence-electron chi connectivity index (χ3n) is 2.54. The number of hydrogen-bond acceptors (Lipinski definition) is 3. The summed E-state index contributed by atoms with van der Waals surface area (Å²) < 4.78 is 5.35. The summed E-state index contributed by atoms with van der Waals surface area (Å²) in [5.74, 6) is -0.0459. The van der Waals surface area contributed by atoms with Gasteiger partial charge in [0, 0.05) is 32.5 Å². The second-order valence-corrected chi connectivity index (χ2v) is 4.02. The summed E-state index contributed by atoms with van der Waals surface area (Å²) in [6.45, 7) is 4.20. The predicted octanol–water partition coefficient (Wildman–Crippen LogP) is 2.27. The summed E-state index contributed by atoms with van der Waals surface area (Å²) in [6, 6.07) is 7.47. The molecule has 0 aliphatic carbocycles. The van der Waals surface area contributed by atoms with Crippen LogP contribution < -0.4 is 10.6 Å². The number of hydrogen-bond donors (Lipinski definition) is 2. The molecule has 1 rings (SSSR count). The first-order valence-corrected chi connectivity index (χ1v) is 6.42. The summed E-state index contributed by atoms with van der Waals surface area (Å²) in [6.07, 6.45) is 1.87. The van der Waals surface area contributed by atoms with Crippen LogP contribution in [0.25, 0.3) is 0 Å². The molecular formula is C14H22N2O2. The van der Waals surface area contributed by atoms with Gasteiger partial charge in [0.2, 0.25) is 0 Å². The van der Waals surface area contributed by atoms with Crippen LogP contribution >= 0.6 is 0 Å². The van der Waals surface area contributed by atoms with Gasteiger partial charge >= 0.3 is 0 Å². The van der Waals surface area contributed by atoms with E-state index in [1.807, 2.05) is 31.3 Å². The molecule has 0 unspecified atom stereocenters. The van der Waals surface area contributed by atoms with Gasteiger partial charge in [0.15, 0.2) is 0 Å². The van der Waals surface area contributed by atoms with E-state index in [0.717, 1.165) is 25.1 Å². The van der Waals surface area contributed by atoms with E-state index in [0.29, 0.717) is 18.7 Å². The van der Waals surface area contributed by atoms with E-state index in [1.54, 1.807) is 0 Å². The Labute approximate surface area is 109 Å². The minimum absolute atomic E-state index is 0.0459. The number of amides is 1. The van der Waals surface area contributed by atoms with E-state index in [1.165, 1.54) is 0 Å². The average molecular weight is 250 g/mol. The number of ether oxygens (including phenoxy) is 1. The first-order valence-electron chi connectivity index (χ1n) is 6.42. The van der Waals surface area contributed by atoms with Crippen molar-refractivity contribution in [2.45, 2.75) is 19.8 Å². The van der Waals surface area contributed by atoms with Crippen LogP contribution in [0.15, 0.2) is 24.3 Å². The van der Waals surface area contributed by atoms with Crippen LogP contribution in [0, 0.1) is 0 Å². The molecule has 0 aliphatic rings. The Kier molecular flexibility index (Phi) is 6.87. The molecule has 0 fully saturated rings. The van der Waals surface area contributed by atoms with Gasteiger partial charge in [0.25, 0.3) is 5.91 Å². The lowest BCUT2D eigenvalue weighted by Gasteiger charge is -2.09. The SMILES string of the molecule is CCCOCCCNC(=O)c1ccccc1NC. The number of benzene rings is 1. The Bertz CT molecular complexity index is 367. The van der Waals surface area contributed by atoms with Crippen LogP contribution in [0.5, 0.6) is 0 Å². The van der Waals surface area contributed by atoms with E-state index < -0.39 is 0 Å². The molecular weight excluding hydrogens is 228 g/mol. The van der Waals surface area contributed by atoms with Crippen LogP contribution in [-0.4, -0.2) is 32.7 Å². The number of carbonyl (C=O) groups excluding carboxylic acids is 1. The Hall–Kier alpha value is -1.55. The molecule has 0 aliphatic heterocycles. The van der Waals surface area contributed by atoms with Crippen molar-refractivity contribution in [3.8, 4) is 0 Å². The van der Waals surface area contributed by atoms with Gasteiger partial charge in [-0.05, 0) is 25.0 Å². The normalized spacial score (nSPS) is 10.1. The zero-order chi connectivity index (χ0) is 13.2. The van der Waals surface area contributed by atoms with Crippen LogP contribution in [0.2, 0.25) is 0 Å². The second-order valence-electron chi connectivity index (χ2n) is 4.02. The number of carbonyl (C=O) groups is 1. The molecule has 0 heterocycles. The van der Waals surface area contributed by atoms with Crippen molar-refractivity contribution in [3.05, 3.63) is 29.8 Å². The molecule has 0 bridgehead atoms. The molecule has 18 heavy (non-hydrogen) atoms. The summed E-state index contributed by atoms with van der Waals surface area (Å²) in [7, 11) is 1.81. The Balaban J connectivity index is 2.32. The Morgan fingerprint density at radius 1 is 1.28 bits per heavy atom. The van der Waals surface area contributed by atoms with Crippen molar-refractivity contribution in [1.29, 1.82) is 0 Å². The zero-order valence-electron chi connectivity index (χ0n) is 11.2. The van der Waals surface area contributed by atoms with Crippen LogP contribution in [0.1, 0.15) is 30.1 Å². The molecule has 4 heteroatoms. The van der Waals surface area contributed by atoms with Crippen LogP contribution in [0.4, 0.5) is 5.69 Å². The van der Waals surface area contributed by atoms with Gasteiger partial charge in [-0.1, -0.05) is 19.1 Å². The monoisotopic (exact) mass is 250 g/mol. The number of anilines is 1. The highest BCUT2D eigenvalue weighted by Gasteiger charge is 2.08. The molecule has 1 amide bonds. The van der Waals surface area contributed by atoms with Gasteiger partial charge in [0.1, 0.15) is 0 Å². The standard InChI is InChI=1S/C14H22N2O2/c1-3-10-18-11-6-9-16-14(17)12-7-4-5-8-13(12)15-2/h4-5,7-8,15H,3,6,9-11H2,1-2H3,(H,16,17). The van der Waals surface area contributed by atoms with Crippen molar-refractivity contribution in [1.82, 2.24) is 5.32 Å². The predicted molar refractivity (Wildman–Crippen MR) is 74.0 cm³/mol. The van der Waals surface area contributed by atoms with E-state index in [-0.39, 0.29) is 5.91 Å². The molecule has 1 aromatic carbocycles. The van der Waals surface area contributed by atoms with Crippen molar-refractivity contribution < 1.29 is 9.53 Å². The molecule has 4 nitrogen and oxygen atoms in total. The van der Waals surface area contributed by atoms with Crippen molar-refractivity contribution in [2.75, 3.05) is 32.1 Å². The first-order chi connectivity index (χ1) is 8.79. The molecule has 0 atom stereocenters. The minimum Gasteiger partial charge on any atom is -0.387 e. The van der Waals surface area contributed by atoms with Gasteiger partial charge in [0.05, 0.1) is 5.56 Å². The zero-order valence-corrected chi connectivity index (χ0v) is 11.2. The molecule has 0 saturated carbocycles. The second kappa shape index (κ2) is 8.53. The summed E-state index contributed by atoms with van der Waals surface area (Å²) >= 11 is 0. The van der Waals surface area contributed by atoms with Crippen molar-refractivity contribution in [2.24, 2.45) is 0 Å². The highest BCUT2D eigenvalue weighted by atomic mass is 16.5. The highest BCUT2D eigenvalue weighted by Crippen LogP contribution is 2.13. The molecule has 0 radical (unpaired) electrons. The minimum atomic E-state index is -0.0459. The third-order valence-corrected chi connectivity index (χ3v) is 2.54. The lowest BCUT2D eigenvalue weighted by atomic mass is 10.1. The molecule has 1 aromatic rings. The number of nitrogens with one attached hydrogen (secondary N) is 2. The Morgan fingerprint density at radius 2 is 2.06 bits per heavy atom. The van der Waals surface area contributed by atoms with Gasteiger partial charge in [-0.15, -0.1) is 0 Å². The van der Waals surface area contributed by atoms with E-state index in [9.17, 15) is 4.79 Å². The highest BCUT2D eigenvalue weighted by molar-refractivity contribution is 5.99. The number of rotatable bonds is 8. The summed E-state index contributed by atoms with van der Waals surface area (Å²) in [5.41, 5.74) is 1.52. The topological polar surface area (TPSA) is 50.4 Å². The fourth-order valence-corrected chi connectivity index (χ4v) is 1.62. The van der Waals surface area contributed by atoms with E-state index in [2.05, 4.69) is 17.6 Å². The van der Waals surface area contributed by atoms with E-state index >= 15 is 0 Å². The lowest BCUT2D eigenvalue weighted by Crippen LogP contribution is -2.26. The molecule has 0 aromatic heterocycles. The largest absolute Gasteiger partial charge is 0.387 e. The maximum atomic E-state index is 11.9. The van der Waals surface area contributed by atoms with Gasteiger partial charge in [-0.3, -0.25) is 4.79 Å². The molecule has 2 N–H and O–H groups in total. The van der Waals surface area contributed by atoms with Crippen LogP contribution in [0.3, 0.4) is 0 Å². The first kappa shape index (κ1) is 14.5. The van der Waals surface area contributed by atoms with Crippen LogP contribution in [-0.2, 0) is 4.74 Å². The summed E-state index contributed by atoms with van der Waals surface area (Å²) in [5, 5.41) is 5.90. The average Bonchev–Trinajstić information content (AvgIpc) is 2.42. The quantitative estimate of drug-likeness (QED) is 0.696. The lowest BCUT2D eigenvalue weighted by molar-refractivity contribution is 0.0942. The molecule has 100 valence electrons.